The molecule has 3 nitrogen and oxygen atoms in total. The summed E-state index contributed by atoms with van der Waals surface area (Å²) in [6, 6.07) is 5.40. The van der Waals surface area contributed by atoms with Crippen LogP contribution in [0.25, 0.3) is 0 Å². The van der Waals surface area contributed by atoms with Crippen molar-refractivity contribution in [3.63, 3.8) is 0 Å². The number of hydrogen-bond acceptors (Lipinski definition) is 3. The lowest BCUT2D eigenvalue weighted by atomic mass is 9.86. The molecule has 2 rings (SSSR count). The second-order valence-electron chi connectivity index (χ2n) is 4.71. The first-order chi connectivity index (χ1) is 9.45. The first-order valence-electron chi connectivity index (χ1n) is 6.48. The third-order valence-corrected chi connectivity index (χ3v) is 3.47. The van der Waals surface area contributed by atoms with Crippen molar-refractivity contribution in [2.75, 3.05) is 19.7 Å². The Morgan fingerprint density at radius 2 is 2.05 bits per heavy atom. The molecule has 0 aliphatic carbocycles. The highest BCUT2D eigenvalue weighted by molar-refractivity contribution is 5.74. The number of carbonyl (C=O) groups is 1. The molecule has 0 radical (unpaired) electrons. The Hall–Kier alpha value is -1.56. The summed E-state index contributed by atoms with van der Waals surface area (Å²) in [5.41, 5.74) is -0.522. The molecule has 110 valence electrons. The van der Waals surface area contributed by atoms with Gasteiger partial charge in [-0.15, -0.1) is 0 Å². The molecule has 0 amide bonds. The number of alkyl halides is 3. The topological polar surface area (TPSA) is 38.3 Å². The van der Waals surface area contributed by atoms with Crippen LogP contribution in [0.4, 0.5) is 13.2 Å². The number of hydrogen-bond donors (Lipinski definition) is 1. The molecule has 2 unspecified atom stereocenters. The summed E-state index contributed by atoms with van der Waals surface area (Å²) in [4.78, 5) is 11.8. The lowest BCUT2D eigenvalue weighted by Crippen LogP contribution is -2.25. The summed E-state index contributed by atoms with van der Waals surface area (Å²) in [5.74, 6) is -1.52. The lowest BCUT2D eigenvalue weighted by Gasteiger charge is -2.21. The summed E-state index contributed by atoms with van der Waals surface area (Å²) in [6.07, 6.45) is -4.42. The Kier molecular flexibility index (Phi) is 4.32. The van der Waals surface area contributed by atoms with Crippen molar-refractivity contribution in [3.8, 4) is 0 Å². The van der Waals surface area contributed by atoms with Gasteiger partial charge in [-0.05, 0) is 18.6 Å². The molecular weight excluding hydrogens is 271 g/mol. The molecule has 1 aliphatic rings. The maximum atomic E-state index is 13.0. The maximum Gasteiger partial charge on any atom is 0.416 e. The number of nitrogens with one attached hydrogen (secondary N) is 1. The van der Waals surface area contributed by atoms with Crippen LogP contribution in [-0.2, 0) is 15.7 Å². The van der Waals surface area contributed by atoms with Gasteiger partial charge < -0.3 is 10.1 Å². The minimum absolute atomic E-state index is 0.156. The van der Waals surface area contributed by atoms with E-state index in [2.05, 4.69) is 5.32 Å². The normalized spacial score (nSPS) is 22.8. The van der Waals surface area contributed by atoms with Crippen LogP contribution in [0.15, 0.2) is 24.3 Å². The second-order valence-corrected chi connectivity index (χ2v) is 4.71. The fourth-order valence-electron chi connectivity index (χ4n) is 2.58. The van der Waals surface area contributed by atoms with Crippen LogP contribution >= 0.6 is 0 Å². The summed E-state index contributed by atoms with van der Waals surface area (Å²) >= 11 is 0. The van der Waals surface area contributed by atoms with Gasteiger partial charge in [0.25, 0.3) is 0 Å². The van der Waals surface area contributed by atoms with E-state index in [1.807, 2.05) is 0 Å². The Balaban J connectivity index is 2.33. The molecule has 1 aromatic carbocycles. The number of carbonyl (C=O) groups excluding carboxylic acids is 1. The summed E-state index contributed by atoms with van der Waals surface area (Å²) in [6.45, 7) is 2.59. The Bertz CT molecular complexity index is 488. The molecule has 1 saturated heterocycles. The fraction of sp³-hybridized carbons (Fsp3) is 0.500. The standard InChI is InChI=1S/C14H16F3NO2/c1-2-20-13(19)11-8-18-7-10(11)9-5-3-4-6-12(9)14(15,16)17/h3-6,10-11,18H,2,7-8H2,1H3. The van der Waals surface area contributed by atoms with Crippen LogP contribution in [0.3, 0.4) is 0 Å². The molecule has 0 spiro atoms. The number of ether oxygens (including phenoxy) is 1. The number of benzene rings is 1. The quantitative estimate of drug-likeness (QED) is 0.868. The van der Waals surface area contributed by atoms with Crippen molar-refractivity contribution >= 4 is 5.97 Å². The van der Waals surface area contributed by atoms with E-state index in [0.717, 1.165) is 6.07 Å². The molecular formula is C14H16F3NO2. The fourth-order valence-corrected chi connectivity index (χ4v) is 2.58. The smallest absolute Gasteiger partial charge is 0.416 e. The number of halogens is 3. The highest BCUT2D eigenvalue weighted by Crippen LogP contribution is 2.38. The molecule has 6 heteroatoms. The van der Waals surface area contributed by atoms with Gasteiger partial charge in [0.05, 0.1) is 18.1 Å². The van der Waals surface area contributed by atoms with E-state index in [9.17, 15) is 18.0 Å². The first kappa shape index (κ1) is 14.8. The molecule has 1 aliphatic heterocycles. The number of rotatable bonds is 3. The van der Waals surface area contributed by atoms with Crippen LogP contribution < -0.4 is 5.32 Å². The van der Waals surface area contributed by atoms with Crippen molar-refractivity contribution in [2.45, 2.75) is 19.0 Å². The van der Waals surface area contributed by atoms with Gasteiger partial charge in [0.15, 0.2) is 0 Å². The van der Waals surface area contributed by atoms with Gasteiger partial charge >= 0.3 is 12.1 Å². The van der Waals surface area contributed by atoms with Crippen LogP contribution in [0.5, 0.6) is 0 Å². The molecule has 2 atom stereocenters. The molecule has 1 fully saturated rings. The summed E-state index contributed by atoms with van der Waals surface area (Å²) < 4.78 is 44.1. The van der Waals surface area contributed by atoms with Crippen molar-refractivity contribution in [3.05, 3.63) is 35.4 Å². The SMILES string of the molecule is CCOC(=O)C1CNCC1c1ccccc1C(F)(F)F. The van der Waals surface area contributed by atoms with E-state index in [-0.39, 0.29) is 12.2 Å². The predicted octanol–water partition coefficient (Wildman–Crippen LogP) is 2.57. The lowest BCUT2D eigenvalue weighted by molar-refractivity contribution is -0.148. The predicted molar refractivity (Wildman–Crippen MR) is 67.2 cm³/mol. The zero-order valence-electron chi connectivity index (χ0n) is 11.0. The van der Waals surface area contributed by atoms with Gasteiger partial charge in [0.1, 0.15) is 0 Å². The Morgan fingerprint density at radius 3 is 2.70 bits per heavy atom. The first-order valence-corrected chi connectivity index (χ1v) is 6.48. The van der Waals surface area contributed by atoms with Crippen LogP contribution in [0.2, 0.25) is 0 Å². The average molecular weight is 287 g/mol. The van der Waals surface area contributed by atoms with Crippen molar-refractivity contribution < 1.29 is 22.7 Å². The molecule has 0 saturated carbocycles. The molecule has 1 aromatic rings. The van der Waals surface area contributed by atoms with Crippen LogP contribution in [0.1, 0.15) is 24.0 Å². The Labute approximate surface area is 115 Å². The van der Waals surface area contributed by atoms with Gasteiger partial charge in [-0.2, -0.15) is 13.2 Å². The minimum Gasteiger partial charge on any atom is -0.466 e. The van der Waals surface area contributed by atoms with Gasteiger partial charge in [-0.1, -0.05) is 18.2 Å². The van der Waals surface area contributed by atoms with Crippen LogP contribution in [-0.4, -0.2) is 25.7 Å². The van der Waals surface area contributed by atoms with Gasteiger partial charge in [-0.3, -0.25) is 4.79 Å². The molecule has 0 aromatic heterocycles. The monoisotopic (exact) mass is 287 g/mol. The van der Waals surface area contributed by atoms with Gasteiger partial charge in [0.2, 0.25) is 0 Å². The van der Waals surface area contributed by atoms with Crippen LogP contribution in [0, 0.1) is 5.92 Å². The van der Waals surface area contributed by atoms with E-state index in [1.165, 1.54) is 12.1 Å². The van der Waals surface area contributed by atoms with E-state index >= 15 is 0 Å². The average Bonchev–Trinajstić information content (AvgIpc) is 2.87. The van der Waals surface area contributed by atoms with Crippen molar-refractivity contribution in [1.82, 2.24) is 5.32 Å². The van der Waals surface area contributed by atoms with E-state index in [1.54, 1.807) is 13.0 Å². The molecule has 20 heavy (non-hydrogen) atoms. The summed E-state index contributed by atoms with van der Waals surface area (Å²) in [7, 11) is 0. The van der Waals surface area contributed by atoms with E-state index < -0.39 is 29.5 Å². The van der Waals surface area contributed by atoms with Crippen molar-refractivity contribution in [1.29, 1.82) is 0 Å². The molecule has 0 bridgehead atoms. The summed E-state index contributed by atoms with van der Waals surface area (Å²) in [5, 5.41) is 2.97. The zero-order valence-corrected chi connectivity index (χ0v) is 11.0. The number of esters is 1. The maximum absolute atomic E-state index is 13.0. The van der Waals surface area contributed by atoms with Crippen molar-refractivity contribution in [2.24, 2.45) is 5.92 Å². The second kappa shape index (κ2) is 5.83. The van der Waals surface area contributed by atoms with E-state index in [4.69, 9.17) is 4.74 Å². The highest BCUT2D eigenvalue weighted by atomic mass is 19.4. The zero-order chi connectivity index (χ0) is 14.8. The van der Waals surface area contributed by atoms with Gasteiger partial charge in [-0.25, -0.2) is 0 Å². The van der Waals surface area contributed by atoms with E-state index in [0.29, 0.717) is 13.1 Å². The largest absolute Gasteiger partial charge is 0.466 e. The third-order valence-electron chi connectivity index (χ3n) is 3.47. The third kappa shape index (κ3) is 2.95. The Morgan fingerprint density at radius 1 is 1.35 bits per heavy atom. The minimum atomic E-state index is -4.42. The molecule has 1 heterocycles. The molecule has 1 N–H and O–H groups in total. The highest BCUT2D eigenvalue weighted by Gasteiger charge is 2.41. The van der Waals surface area contributed by atoms with Gasteiger partial charge in [0, 0.05) is 19.0 Å².